The average molecular weight is 540 g/mol. The number of anilines is 1. The summed E-state index contributed by atoms with van der Waals surface area (Å²) in [5, 5.41) is 0.573. The van der Waals surface area contributed by atoms with Crippen LogP contribution in [0, 0.1) is 0 Å². The van der Waals surface area contributed by atoms with Crippen molar-refractivity contribution in [3.8, 4) is 22.8 Å². The quantitative estimate of drug-likeness (QED) is 0.295. The molecule has 0 atom stereocenters. The molecule has 1 N–H and O–H groups in total. The number of hydrogen-bond donors (Lipinski definition) is 1. The van der Waals surface area contributed by atoms with Crippen LogP contribution in [0.1, 0.15) is 17.8 Å². The maximum atomic E-state index is 14.1. The third-order valence-electron chi connectivity index (χ3n) is 5.98. The van der Waals surface area contributed by atoms with E-state index in [2.05, 4.69) is 19.7 Å². The van der Waals surface area contributed by atoms with Crippen LogP contribution in [0.5, 0.6) is 11.6 Å². The van der Waals surface area contributed by atoms with Gasteiger partial charge in [-0.3, -0.25) is 9.71 Å². The number of hydrogen-bond acceptors (Lipinski definition) is 7. The molecular formula is C26H23F2N5O4S. The molecule has 0 amide bonds. The van der Waals surface area contributed by atoms with Crippen molar-refractivity contribution in [1.82, 2.24) is 19.5 Å². The van der Waals surface area contributed by atoms with Gasteiger partial charge in [0.15, 0.2) is 5.82 Å². The maximum Gasteiger partial charge on any atom is 0.295 e. The average Bonchev–Trinajstić information content (AvgIpc) is 3.27. The molecule has 0 fully saturated rings. The first-order valence-electron chi connectivity index (χ1n) is 11.4. The number of ether oxygens (including phenoxy) is 2. The number of alkyl halides is 2. The van der Waals surface area contributed by atoms with Gasteiger partial charge in [0.1, 0.15) is 17.0 Å². The van der Waals surface area contributed by atoms with E-state index in [0.29, 0.717) is 38.8 Å². The molecule has 5 aromatic rings. The van der Waals surface area contributed by atoms with Crippen LogP contribution >= 0.6 is 0 Å². The Morgan fingerprint density at radius 3 is 2.39 bits per heavy atom. The number of nitrogens with zero attached hydrogens (tertiary/aromatic N) is 4. The molecule has 0 aliphatic heterocycles. The zero-order valence-electron chi connectivity index (χ0n) is 20.6. The Labute approximate surface area is 217 Å². The Hall–Kier alpha value is -4.32. The Balaban J connectivity index is 1.63. The summed E-state index contributed by atoms with van der Waals surface area (Å²) in [5.74, 6) is 0.422. The molecule has 0 bridgehead atoms. The normalized spacial score (nSPS) is 11.8. The largest absolute Gasteiger partial charge is 0.497 e. The molecule has 3 aromatic heterocycles. The van der Waals surface area contributed by atoms with Crippen molar-refractivity contribution in [2.75, 3.05) is 25.2 Å². The summed E-state index contributed by atoms with van der Waals surface area (Å²) < 4.78 is 66.0. The van der Waals surface area contributed by atoms with Gasteiger partial charge in [0.05, 0.1) is 37.7 Å². The van der Waals surface area contributed by atoms with Crippen molar-refractivity contribution in [3.05, 3.63) is 72.3 Å². The highest BCUT2D eigenvalue weighted by Crippen LogP contribution is 2.34. The van der Waals surface area contributed by atoms with Gasteiger partial charge in [-0.15, -0.1) is 0 Å². The Bertz CT molecular complexity index is 1760. The van der Waals surface area contributed by atoms with Gasteiger partial charge in [-0.1, -0.05) is 18.2 Å². The van der Waals surface area contributed by atoms with E-state index in [1.54, 1.807) is 49.7 Å². The molecule has 196 valence electrons. The van der Waals surface area contributed by atoms with E-state index < -0.39 is 16.4 Å². The second kappa shape index (κ2) is 9.86. The number of nitrogens with one attached hydrogen (secondary N) is 1. The van der Waals surface area contributed by atoms with E-state index in [0.717, 1.165) is 11.8 Å². The number of pyridine rings is 2. The smallest absolute Gasteiger partial charge is 0.295 e. The number of sulfonamides is 1. The summed E-state index contributed by atoms with van der Waals surface area (Å²) in [6, 6.07) is 14.1. The summed E-state index contributed by atoms with van der Waals surface area (Å²) >= 11 is 0. The lowest BCUT2D eigenvalue weighted by atomic mass is 10.0. The van der Waals surface area contributed by atoms with Crippen LogP contribution in [-0.2, 0) is 16.6 Å². The van der Waals surface area contributed by atoms with Gasteiger partial charge < -0.3 is 14.0 Å². The van der Waals surface area contributed by atoms with Gasteiger partial charge >= 0.3 is 0 Å². The second-order valence-corrected chi connectivity index (χ2v) is 10.3. The number of benzene rings is 2. The fraction of sp³-hybridized carbons (Fsp3) is 0.192. The Morgan fingerprint density at radius 1 is 0.974 bits per heavy atom. The fourth-order valence-electron chi connectivity index (χ4n) is 4.25. The fourth-order valence-corrected chi connectivity index (χ4v) is 4.80. The number of rotatable bonds is 8. The first-order valence-corrected chi connectivity index (χ1v) is 13.3. The van der Waals surface area contributed by atoms with Crippen LogP contribution in [0.2, 0.25) is 0 Å². The zero-order valence-corrected chi connectivity index (χ0v) is 21.5. The molecule has 0 saturated carbocycles. The topological polar surface area (TPSA) is 108 Å². The summed E-state index contributed by atoms with van der Waals surface area (Å²) in [7, 11) is -0.638. The van der Waals surface area contributed by atoms with E-state index in [4.69, 9.17) is 9.47 Å². The summed E-state index contributed by atoms with van der Waals surface area (Å²) in [4.78, 5) is 13.0. The second-order valence-electron chi connectivity index (χ2n) is 8.58. The standard InChI is InChI=1S/C26H23F2N5O4S/c1-36-18-7-4-15(5-8-18)14-33-22-13-29-20-9-6-16(10-19(20)23(22)31-25(33)24(27)28)17-11-21(32-38(3,34)35)26(37-2)30-12-17/h4-13,24,32H,14H2,1-3H3. The van der Waals surface area contributed by atoms with Gasteiger partial charge in [0, 0.05) is 23.7 Å². The van der Waals surface area contributed by atoms with Crippen molar-refractivity contribution in [2.24, 2.45) is 0 Å². The Kier molecular flexibility index (Phi) is 6.57. The van der Waals surface area contributed by atoms with Crippen molar-refractivity contribution in [2.45, 2.75) is 13.0 Å². The van der Waals surface area contributed by atoms with Crippen molar-refractivity contribution in [3.63, 3.8) is 0 Å². The van der Waals surface area contributed by atoms with Gasteiger partial charge in [-0.25, -0.2) is 27.2 Å². The molecule has 9 nitrogen and oxygen atoms in total. The number of imidazole rings is 1. The minimum Gasteiger partial charge on any atom is -0.497 e. The highest BCUT2D eigenvalue weighted by atomic mass is 32.2. The summed E-state index contributed by atoms with van der Waals surface area (Å²) in [6.45, 7) is 0.177. The molecule has 0 aliphatic carbocycles. The lowest BCUT2D eigenvalue weighted by Crippen LogP contribution is -2.11. The molecule has 2 aromatic carbocycles. The van der Waals surface area contributed by atoms with E-state index in [1.807, 2.05) is 12.1 Å². The first-order chi connectivity index (χ1) is 18.2. The SMILES string of the molecule is COc1ccc(Cn2c(C(F)F)nc3c4cc(-c5cnc(OC)c(NS(C)(=O)=O)c5)ccc4ncc32)cc1. The van der Waals surface area contributed by atoms with Gasteiger partial charge in [-0.05, 0) is 41.5 Å². The molecule has 5 rings (SSSR count). The highest BCUT2D eigenvalue weighted by Gasteiger charge is 2.21. The third kappa shape index (κ3) is 4.94. The van der Waals surface area contributed by atoms with Gasteiger partial charge in [-0.2, -0.15) is 0 Å². The van der Waals surface area contributed by atoms with E-state index in [-0.39, 0.29) is 23.9 Å². The summed E-state index contributed by atoms with van der Waals surface area (Å²) in [5.41, 5.74) is 3.66. The van der Waals surface area contributed by atoms with Crippen molar-refractivity contribution >= 4 is 37.6 Å². The van der Waals surface area contributed by atoms with Gasteiger partial charge in [0.2, 0.25) is 15.9 Å². The van der Waals surface area contributed by atoms with Gasteiger partial charge in [0.25, 0.3) is 6.43 Å². The lowest BCUT2D eigenvalue weighted by molar-refractivity contribution is 0.136. The molecule has 3 heterocycles. The van der Waals surface area contributed by atoms with Crippen LogP contribution in [0.25, 0.3) is 33.1 Å². The maximum absolute atomic E-state index is 14.1. The predicted octanol–water partition coefficient (Wildman–Crippen LogP) is 5.02. The third-order valence-corrected chi connectivity index (χ3v) is 6.57. The first kappa shape index (κ1) is 25.3. The number of aromatic nitrogens is 4. The Morgan fingerprint density at radius 2 is 1.74 bits per heavy atom. The minimum atomic E-state index is -3.58. The van der Waals surface area contributed by atoms with Crippen LogP contribution in [0.3, 0.4) is 0 Å². The van der Waals surface area contributed by atoms with Crippen LogP contribution in [0.4, 0.5) is 14.5 Å². The molecule has 12 heteroatoms. The van der Waals surface area contributed by atoms with E-state index in [1.165, 1.54) is 17.9 Å². The van der Waals surface area contributed by atoms with Crippen molar-refractivity contribution < 1.29 is 26.7 Å². The monoisotopic (exact) mass is 539 g/mol. The molecule has 0 spiro atoms. The summed E-state index contributed by atoms with van der Waals surface area (Å²) in [6.07, 6.45) is 1.31. The molecule has 0 saturated heterocycles. The van der Waals surface area contributed by atoms with Crippen LogP contribution in [0.15, 0.2) is 60.9 Å². The molecule has 0 unspecified atom stereocenters. The van der Waals surface area contributed by atoms with E-state index in [9.17, 15) is 17.2 Å². The number of halogens is 2. The van der Waals surface area contributed by atoms with E-state index >= 15 is 0 Å². The number of fused-ring (bicyclic) bond motifs is 3. The zero-order chi connectivity index (χ0) is 27.0. The number of methoxy groups -OCH3 is 2. The molecule has 0 radical (unpaired) electrons. The molecule has 38 heavy (non-hydrogen) atoms. The predicted molar refractivity (Wildman–Crippen MR) is 140 cm³/mol. The lowest BCUT2D eigenvalue weighted by Gasteiger charge is -2.11. The van der Waals surface area contributed by atoms with Crippen molar-refractivity contribution in [1.29, 1.82) is 0 Å². The van der Waals surface area contributed by atoms with Crippen LogP contribution < -0.4 is 14.2 Å². The van der Waals surface area contributed by atoms with Crippen LogP contribution in [-0.4, -0.2) is 48.4 Å². The molecular weight excluding hydrogens is 516 g/mol. The highest BCUT2D eigenvalue weighted by molar-refractivity contribution is 7.92. The molecule has 0 aliphatic rings. The minimum absolute atomic E-state index is 0.114.